The number of sulfonamides is 1. The molecule has 1 amide bonds. The molecule has 0 heterocycles. The lowest BCUT2D eigenvalue weighted by atomic mass is 10.1. The molecular formula is C20H24N2O6S. The summed E-state index contributed by atoms with van der Waals surface area (Å²) in [6, 6.07) is 9.46. The molecule has 1 atom stereocenters. The predicted molar refractivity (Wildman–Crippen MR) is 109 cm³/mol. The van der Waals surface area contributed by atoms with Gasteiger partial charge in [-0.1, -0.05) is 18.2 Å². The van der Waals surface area contributed by atoms with E-state index in [-0.39, 0.29) is 16.2 Å². The van der Waals surface area contributed by atoms with Gasteiger partial charge in [-0.3, -0.25) is 4.79 Å². The number of amides is 1. The number of rotatable bonds is 7. The third-order valence-corrected chi connectivity index (χ3v) is 5.78. The number of benzene rings is 2. The minimum Gasteiger partial charge on any atom is -0.495 e. The van der Waals surface area contributed by atoms with E-state index in [1.165, 1.54) is 33.2 Å². The Bertz CT molecular complexity index is 1010. The van der Waals surface area contributed by atoms with Crippen LogP contribution in [-0.4, -0.2) is 40.6 Å². The Morgan fingerprint density at radius 1 is 1.07 bits per heavy atom. The van der Waals surface area contributed by atoms with Crippen LogP contribution in [0.2, 0.25) is 0 Å². The summed E-state index contributed by atoms with van der Waals surface area (Å²) in [4.78, 5) is 24.7. The first-order valence-corrected chi connectivity index (χ1v) is 10.3. The van der Waals surface area contributed by atoms with E-state index in [0.29, 0.717) is 5.69 Å². The van der Waals surface area contributed by atoms with Gasteiger partial charge in [0, 0.05) is 5.69 Å². The monoisotopic (exact) mass is 420 g/mol. The van der Waals surface area contributed by atoms with Gasteiger partial charge in [0.1, 0.15) is 10.6 Å². The van der Waals surface area contributed by atoms with E-state index in [0.717, 1.165) is 17.2 Å². The van der Waals surface area contributed by atoms with Crippen molar-refractivity contribution in [3.8, 4) is 5.75 Å². The smallest absolute Gasteiger partial charge is 0.338 e. The predicted octanol–water partition coefficient (Wildman–Crippen LogP) is 2.40. The number of hydrogen-bond acceptors (Lipinski definition) is 6. The highest BCUT2D eigenvalue weighted by Gasteiger charge is 2.24. The van der Waals surface area contributed by atoms with Crippen LogP contribution < -0.4 is 14.8 Å². The van der Waals surface area contributed by atoms with Gasteiger partial charge < -0.3 is 14.8 Å². The van der Waals surface area contributed by atoms with Crippen molar-refractivity contribution in [2.75, 3.05) is 19.5 Å². The maximum absolute atomic E-state index is 12.5. The summed E-state index contributed by atoms with van der Waals surface area (Å²) in [6.07, 6.45) is -1.09. The zero-order valence-corrected chi connectivity index (χ0v) is 17.7. The van der Waals surface area contributed by atoms with Crippen LogP contribution in [0, 0.1) is 13.8 Å². The molecule has 2 aromatic rings. The highest BCUT2D eigenvalue weighted by molar-refractivity contribution is 7.89. The molecule has 0 fully saturated rings. The van der Waals surface area contributed by atoms with Crippen LogP contribution in [0.3, 0.4) is 0 Å². The fraction of sp³-hybridized carbons (Fsp3) is 0.300. The topological polar surface area (TPSA) is 111 Å². The Kier molecular flexibility index (Phi) is 6.99. The highest BCUT2D eigenvalue weighted by atomic mass is 32.2. The molecule has 0 radical (unpaired) electrons. The van der Waals surface area contributed by atoms with E-state index in [1.807, 2.05) is 32.0 Å². The van der Waals surface area contributed by atoms with Gasteiger partial charge in [-0.15, -0.1) is 0 Å². The number of nitrogens with one attached hydrogen (secondary N) is 2. The van der Waals surface area contributed by atoms with Gasteiger partial charge >= 0.3 is 5.97 Å². The van der Waals surface area contributed by atoms with Gasteiger partial charge in [0.25, 0.3) is 5.91 Å². The van der Waals surface area contributed by atoms with Gasteiger partial charge in [0.2, 0.25) is 10.0 Å². The number of methoxy groups -OCH3 is 1. The second-order valence-electron chi connectivity index (χ2n) is 6.38. The third kappa shape index (κ3) is 5.12. The van der Waals surface area contributed by atoms with Crippen molar-refractivity contribution < 1.29 is 27.5 Å². The molecular weight excluding hydrogens is 396 g/mol. The van der Waals surface area contributed by atoms with Crippen LogP contribution in [0.1, 0.15) is 28.4 Å². The molecule has 2 N–H and O–H groups in total. The fourth-order valence-corrected chi connectivity index (χ4v) is 3.56. The first-order valence-electron chi connectivity index (χ1n) is 8.80. The number of aryl methyl sites for hydroxylation is 2. The SMILES string of the molecule is CNS(=O)(=O)c1cc(C(=O)O[C@@H](C)C(=O)Nc2c(C)cccc2C)ccc1OC. The molecule has 29 heavy (non-hydrogen) atoms. The Balaban J connectivity index is 2.19. The molecule has 0 bridgehead atoms. The second-order valence-corrected chi connectivity index (χ2v) is 8.23. The van der Waals surface area contributed by atoms with Crippen molar-refractivity contribution in [3.05, 3.63) is 53.1 Å². The van der Waals surface area contributed by atoms with Crippen molar-refractivity contribution in [1.29, 1.82) is 0 Å². The van der Waals surface area contributed by atoms with Crippen LogP contribution in [0.5, 0.6) is 5.75 Å². The number of ether oxygens (including phenoxy) is 2. The molecule has 156 valence electrons. The van der Waals surface area contributed by atoms with Gasteiger partial charge in [0.05, 0.1) is 12.7 Å². The van der Waals surface area contributed by atoms with E-state index in [9.17, 15) is 18.0 Å². The molecule has 0 aliphatic heterocycles. The average Bonchev–Trinajstić information content (AvgIpc) is 2.69. The van der Waals surface area contributed by atoms with Crippen molar-refractivity contribution in [3.63, 3.8) is 0 Å². The van der Waals surface area contributed by atoms with Crippen LogP contribution in [0.4, 0.5) is 5.69 Å². The van der Waals surface area contributed by atoms with Crippen molar-refractivity contribution >= 4 is 27.6 Å². The van der Waals surface area contributed by atoms with E-state index < -0.39 is 28.0 Å². The fourth-order valence-electron chi connectivity index (χ4n) is 2.64. The van der Waals surface area contributed by atoms with E-state index in [4.69, 9.17) is 9.47 Å². The summed E-state index contributed by atoms with van der Waals surface area (Å²) in [5.74, 6) is -1.24. The summed E-state index contributed by atoms with van der Waals surface area (Å²) >= 11 is 0. The summed E-state index contributed by atoms with van der Waals surface area (Å²) in [5, 5.41) is 2.76. The normalized spacial score (nSPS) is 12.2. The van der Waals surface area contributed by atoms with Crippen LogP contribution in [0.15, 0.2) is 41.3 Å². The lowest BCUT2D eigenvalue weighted by Gasteiger charge is -2.16. The average molecular weight is 420 g/mol. The summed E-state index contributed by atoms with van der Waals surface area (Å²) in [6.45, 7) is 5.16. The zero-order chi connectivity index (χ0) is 21.8. The number of carbonyl (C=O) groups excluding carboxylic acids is 2. The van der Waals surface area contributed by atoms with Gasteiger partial charge in [0.15, 0.2) is 6.10 Å². The van der Waals surface area contributed by atoms with Gasteiger partial charge in [-0.2, -0.15) is 0 Å². The number of hydrogen-bond donors (Lipinski definition) is 2. The maximum Gasteiger partial charge on any atom is 0.338 e. The van der Waals surface area contributed by atoms with Crippen molar-refractivity contribution in [1.82, 2.24) is 4.72 Å². The number of anilines is 1. The minimum atomic E-state index is -3.85. The minimum absolute atomic E-state index is 0.0219. The molecule has 0 saturated carbocycles. The van der Waals surface area contributed by atoms with Crippen LogP contribution >= 0.6 is 0 Å². The molecule has 0 unspecified atom stereocenters. The number of para-hydroxylation sites is 1. The molecule has 2 aromatic carbocycles. The lowest BCUT2D eigenvalue weighted by molar-refractivity contribution is -0.123. The van der Waals surface area contributed by atoms with E-state index in [1.54, 1.807) is 0 Å². The highest BCUT2D eigenvalue weighted by Crippen LogP contribution is 2.25. The largest absolute Gasteiger partial charge is 0.495 e. The Morgan fingerprint density at radius 2 is 1.69 bits per heavy atom. The molecule has 0 aliphatic carbocycles. The van der Waals surface area contributed by atoms with Crippen molar-refractivity contribution in [2.24, 2.45) is 0 Å². The van der Waals surface area contributed by atoms with E-state index >= 15 is 0 Å². The Labute approximate surface area is 170 Å². The quantitative estimate of drug-likeness (QED) is 0.666. The Hall–Kier alpha value is -2.91. The number of carbonyl (C=O) groups is 2. The molecule has 9 heteroatoms. The molecule has 8 nitrogen and oxygen atoms in total. The Morgan fingerprint density at radius 3 is 2.24 bits per heavy atom. The second kappa shape index (κ2) is 9.06. The summed E-state index contributed by atoms with van der Waals surface area (Å²) in [7, 11) is -1.28. The van der Waals surface area contributed by atoms with Gasteiger partial charge in [-0.25, -0.2) is 17.9 Å². The molecule has 0 saturated heterocycles. The molecule has 2 rings (SSSR count). The van der Waals surface area contributed by atoms with Crippen LogP contribution in [-0.2, 0) is 19.6 Å². The van der Waals surface area contributed by atoms with Gasteiger partial charge in [-0.05, 0) is 57.1 Å². The molecule has 0 spiro atoms. The summed E-state index contributed by atoms with van der Waals surface area (Å²) in [5.41, 5.74) is 2.40. The zero-order valence-electron chi connectivity index (χ0n) is 16.9. The van der Waals surface area contributed by atoms with E-state index in [2.05, 4.69) is 10.0 Å². The summed E-state index contributed by atoms with van der Waals surface area (Å²) < 4.78 is 36.7. The maximum atomic E-state index is 12.5. The van der Waals surface area contributed by atoms with Crippen LogP contribution in [0.25, 0.3) is 0 Å². The van der Waals surface area contributed by atoms with Crippen molar-refractivity contribution in [2.45, 2.75) is 31.8 Å². The third-order valence-electron chi connectivity index (χ3n) is 4.34. The molecule has 0 aromatic heterocycles. The standard InChI is InChI=1S/C20H24N2O6S/c1-12-7-6-8-13(2)18(12)22-19(23)14(3)28-20(24)15-9-10-16(27-5)17(11-15)29(25,26)21-4/h6-11,14,21H,1-5H3,(H,22,23)/t14-/m0/s1. The first kappa shape index (κ1) is 22.4. The molecule has 0 aliphatic rings. The lowest BCUT2D eigenvalue weighted by Crippen LogP contribution is -2.30. The first-order chi connectivity index (χ1) is 13.6. The number of esters is 1.